The number of hydrogen-bond acceptors (Lipinski definition) is 2. The first-order valence-corrected chi connectivity index (χ1v) is 13.0. The number of epoxide rings is 1. The summed E-state index contributed by atoms with van der Waals surface area (Å²) in [5.41, 5.74) is 3.29. The molecule has 3 aromatic rings. The average molecular weight is 443 g/mol. The van der Waals surface area contributed by atoms with Crippen LogP contribution in [0.5, 0.6) is 0 Å². The van der Waals surface area contributed by atoms with Gasteiger partial charge in [0, 0.05) is 5.56 Å². The van der Waals surface area contributed by atoms with Gasteiger partial charge in [0.1, 0.15) is 6.10 Å². The van der Waals surface area contributed by atoms with Crippen molar-refractivity contribution in [1.82, 2.24) is 0 Å². The zero-order chi connectivity index (χ0) is 23.0. The number of carbonyl (C=O) groups excluding carboxylic acids is 1. The van der Waals surface area contributed by atoms with Gasteiger partial charge in [-0.15, -0.1) is 0 Å². The van der Waals surface area contributed by atoms with Crippen molar-refractivity contribution < 1.29 is 9.53 Å². The number of Topliss-reactive ketones (excluding diaryl/α,β-unsaturated/α-hetero) is 1. The number of ketones is 1. The molecule has 4 rings (SSSR count). The smallest absolute Gasteiger partial charge is 0.194 e. The number of benzene rings is 3. The molecule has 0 bridgehead atoms. The molecule has 0 spiro atoms. The second kappa shape index (κ2) is 11.6. The number of carbonyl (C=O) groups is 1. The predicted molar refractivity (Wildman–Crippen MR) is 138 cm³/mol. The van der Waals surface area contributed by atoms with Crippen molar-refractivity contribution in [1.29, 1.82) is 0 Å². The third-order valence-electron chi connectivity index (χ3n) is 7.11. The third-order valence-corrected chi connectivity index (χ3v) is 7.11. The van der Waals surface area contributed by atoms with Gasteiger partial charge in [-0.25, -0.2) is 0 Å². The Morgan fingerprint density at radius 3 is 2.27 bits per heavy atom. The van der Waals surface area contributed by atoms with Crippen LogP contribution in [0, 0.1) is 0 Å². The first-order valence-electron chi connectivity index (χ1n) is 13.0. The van der Waals surface area contributed by atoms with Crippen LogP contribution in [0.15, 0.2) is 66.7 Å². The van der Waals surface area contributed by atoms with Crippen LogP contribution < -0.4 is 0 Å². The summed E-state index contributed by atoms with van der Waals surface area (Å²) in [6.07, 6.45) is 11.5. The Morgan fingerprint density at radius 2 is 1.48 bits per heavy atom. The van der Waals surface area contributed by atoms with Gasteiger partial charge < -0.3 is 4.74 Å². The standard InChI is InChI=1S/C31H38O2/c1-3-4-5-6-7-8-9-10-15-23(2)27-18-13-14-19-28(27)30-31(33-30)29(32)26-21-20-24-16-11-12-17-25(24)22-26/h11-14,16-23,30-31H,3-10,15H2,1-2H3/t23?,30-,31-/m0/s1. The monoisotopic (exact) mass is 442 g/mol. The first kappa shape index (κ1) is 23.7. The minimum Gasteiger partial charge on any atom is -0.356 e. The molecule has 1 fully saturated rings. The van der Waals surface area contributed by atoms with Crippen molar-refractivity contribution in [2.24, 2.45) is 0 Å². The molecule has 2 heteroatoms. The average Bonchev–Trinajstić information content (AvgIpc) is 3.65. The summed E-state index contributed by atoms with van der Waals surface area (Å²) in [6, 6.07) is 22.7. The van der Waals surface area contributed by atoms with Gasteiger partial charge in [-0.2, -0.15) is 0 Å². The van der Waals surface area contributed by atoms with Crippen LogP contribution in [-0.2, 0) is 4.74 Å². The number of unbranched alkanes of at least 4 members (excludes halogenated alkanes) is 7. The molecule has 1 heterocycles. The predicted octanol–water partition coefficient (Wildman–Crippen LogP) is 8.80. The minimum atomic E-state index is -0.359. The second-order valence-electron chi connectivity index (χ2n) is 9.70. The SMILES string of the molecule is CCCCCCCCCCC(C)c1ccccc1[C@@H]1O[C@H]1C(=O)c1ccc2ccccc2c1. The molecule has 1 unspecified atom stereocenters. The van der Waals surface area contributed by atoms with Crippen molar-refractivity contribution in [3.8, 4) is 0 Å². The largest absolute Gasteiger partial charge is 0.356 e. The lowest BCUT2D eigenvalue weighted by Gasteiger charge is -2.15. The Balaban J connectivity index is 1.32. The van der Waals surface area contributed by atoms with Crippen LogP contribution in [0.25, 0.3) is 10.8 Å². The summed E-state index contributed by atoms with van der Waals surface area (Å²) in [4.78, 5) is 13.1. The van der Waals surface area contributed by atoms with Gasteiger partial charge >= 0.3 is 0 Å². The number of rotatable bonds is 13. The summed E-state index contributed by atoms with van der Waals surface area (Å²) < 4.78 is 5.96. The summed E-state index contributed by atoms with van der Waals surface area (Å²) >= 11 is 0. The highest BCUT2D eigenvalue weighted by Gasteiger charge is 2.47. The Kier molecular flexibility index (Phi) is 8.34. The zero-order valence-corrected chi connectivity index (χ0v) is 20.3. The molecule has 33 heavy (non-hydrogen) atoms. The molecule has 0 radical (unpaired) electrons. The fourth-order valence-electron chi connectivity index (χ4n) is 5.01. The fraction of sp³-hybridized carbons (Fsp3) is 0.452. The maximum absolute atomic E-state index is 13.1. The lowest BCUT2D eigenvalue weighted by Crippen LogP contribution is -2.09. The highest BCUT2D eigenvalue weighted by atomic mass is 16.6. The number of fused-ring (bicyclic) bond motifs is 1. The van der Waals surface area contributed by atoms with E-state index in [4.69, 9.17) is 4.74 Å². The van der Waals surface area contributed by atoms with E-state index in [2.05, 4.69) is 50.2 Å². The summed E-state index contributed by atoms with van der Waals surface area (Å²) in [7, 11) is 0. The molecule has 0 amide bonds. The third kappa shape index (κ3) is 6.12. The van der Waals surface area contributed by atoms with Crippen LogP contribution in [0.4, 0.5) is 0 Å². The summed E-state index contributed by atoms with van der Waals surface area (Å²) in [5.74, 6) is 0.582. The van der Waals surface area contributed by atoms with E-state index in [1.807, 2.05) is 30.3 Å². The summed E-state index contributed by atoms with van der Waals surface area (Å²) in [6.45, 7) is 4.59. The van der Waals surface area contributed by atoms with Gasteiger partial charge in [-0.3, -0.25) is 4.79 Å². The molecule has 0 N–H and O–H groups in total. The zero-order valence-electron chi connectivity index (χ0n) is 20.3. The van der Waals surface area contributed by atoms with E-state index in [9.17, 15) is 4.79 Å². The maximum Gasteiger partial charge on any atom is 0.194 e. The molecule has 1 aliphatic heterocycles. The van der Waals surface area contributed by atoms with E-state index in [1.165, 1.54) is 68.9 Å². The second-order valence-corrected chi connectivity index (χ2v) is 9.70. The van der Waals surface area contributed by atoms with Crippen LogP contribution in [0.1, 0.15) is 105 Å². The van der Waals surface area contributed by atoms with E-state index < -0.39 is 0 Å². The topological polar surface area (TPSA) is 29.6 Å². The molecule has 3 atom stereocenters. The molecule has 1 saturated heterocycles. The number of ether oxygens (including phenoxy) is 1. The minimum absolute atomic E-state index is 0.0938. The van der Waals surface area contributed by atoms with E-state index >= 15 is 0 Å². The fourth-order valence-corrected chi connectivity index (χ4v) is 5.01. The molecule has 1 aliphatic rings. The molecule has 174 valence electrons. The maximum atomic E-state index is 13.1. The summed E-state index contributed by atoms with van der Waals surface area (Å²) in [5, 5.41) is 2.25. The molecular weight excluding hydrogens is 404 g/mol. The lowest BCUT2D eigenvalue weighted by atomic mass is 9.88. The van der Waals surface area contributed by atoms with Gasteiger partial charge in [-0.05, 0) is 40.3 Å². The highest BCUT2D eigenvalue weighted by molar-refractivity contribution is 6.04. The van der Waals surface area contributed by atoms with E-state index in [0.29, 0.717) is 5.92 Å². The van der Waals surface area contributed by atoms with Crippen molar-refractivity contribution >= 4 is 16.6 Å². The quantitative estimate of drug-likeness (QED) is 0.150. The van der Waals surface area contributed by atoms with Crippen molar-refractivity contribution in [3.63, 3.8) is 0 Å². The van der Waals surface area contributed by atoms with E-state index in [-0.39, 0.29) is 18.0 Å². The van der Waals surface area contributed by atoms with E-state index in [0.717, 1.165) is 16.3 Å². The van der Waals surface area contributed by atoms with E-state index in [1.54, 1.807) is 0 Å². The number of hydrogen-bond donors (Lipinski definition) is 0. The Labute approximate surface area is 199 Å². The Hall–Kier alpha value is -2.45. The van der Waals surface area contributed by atoms with Gasteiger partial charge in [0.15, 0.2) is 11.9 Å². The van der Waals surface area contributed by atoms with Crippen molar-refractivity contribution in [2.75, 3.05) is 0 Å². The molecule has 0 aliphatic carbocycles. The van der Waals surface area contributed by atoms with Crippen LogP contribution in [0.3, 0.4) is 0 Å². The van der Waals surface area contributed by atoms with Gasteiger partial charge in [-0.1, -0.05) is 126 Å². The van der Waals surface area contributed by atoms with Gasteiger partial charge in [0.25, 0.3) is 0 Å². The van der Waals surface area contributed by atoms with Crippen LogP contribution >= 0.6 is 0 Å². The Bertz CT molecular complexity index is 1050. The van der Waals surface area contributed by atoms with Crippen LogP contribution in [-0.4, -0.2) is 11.9 Å². The molecule has 0 aromatic heterocycles. The van der Waals surface area contributed by atoms with Crippen LogP contribution in [0.2, 0.25) is 0 Å². The molecule has 0 saturated carbocycles. The molecule has 2 nitrogen and oxygen atoms in total. The lowest BCUT2D eigenvalue weighted by molar-refractivity contribution is 0.0954. The van der Waals surface area contributed by atoms with Crippen molar-refractivity contribution in [3.05, 3.63) is 83.4 Å². The highest BCUT2D eigenvalue weighted by Crippen LogP contribution is 2.44. The Morgan fingerprint density at radius 1 is 0.818 bits per heavy atom. The van der Waals surface area contributed by atoms with Crippen molar-refractivity contribution in [2.45, 2.75) is 89.8 Å². The molecule has 3 aromatic carbocycles. The first-order chi connectivity index (χ1) is 16.2. The van der Waals surface area contributed by atoms with Gasteiger partial charge in [0.05, 0.1) is 0 Å². The van der Waals surface area contributed by atoms with Gasteiger partial charge in [0.2, 0.25) is 0 Å². The normalized spacial score (nSPS) is 18.4. The molecular formula is C31H38O2.